The first-order valence-corrected chi connectivity index (χ1v) is 5.91. The molecule has 0 aromatic carbocycles. The molecule has 0 amide bonds. The number of halogens is 6. The first-order chi connectivity index (χ1) is 8.62. The molecule has 1 aromatic heterocycles. The molecule has 0 aliphatic carbocycles. The third-order valence-corrected chi connectivity index (χ3v) is 2.58. The van der Waals surface area contributed by atoms with Gasteiger partial charge in [0.2, 0.25) is 0 Å². The molecule has 1 nitrogen and oxygen atoms in total. The zero-order valence-electron chi connectivity index (χ0n) is 10.5. The highest BCUT2D eigenvalue weighted by molar-refractivity contribution is 5.38. The molecule has 19 heavy (non-hydrogen) atoms. The van der Waals surface area contributed by atoms with Crippen LogP contribution in [0.4, 0.5) is 26.3 Å². The standard InChI is InChI=1S/C12H14F6O/c1-3-5-7-9(11(13,14)15)10(12(16,17)18)8(19-7)6-4-2/h3-6H2,1-2H3. The molecular weight excluding hydrogens is 274 g/mol. The Bertz CT molecular complexity index is 388. The van der Waals surface area contributed by atoms with Crippen LogP contribution in [0, 0.1) is 0 Å². The Kier molecular flexibility index (Phi) is 4.58. The summed E-state index contributed by atoms with van der Waals surface area (Å²) in [5.41, 5.74) is -3.32. The molecule has 0 spiro atoms. The maximum absolute atomic E-state index is 12.9. The monoisotopic (exact) mass is 288 g/mol. The minimum atomic E-state index is -5.06. The predicted molar refractivity (Wildman–Crippen MR) is 56.7 cm³/mol. The van der Waals surface area contributed by atoms with Crippen LogP contribution in [0.15, 0.2) is 4.42 Å². The van der Waals surface area contributed by atoms with Crippen LogP contribution in [-0.2, 0) is 25.2 Å². The average molecular weight is 288 g/mol. The lowest BCUT2D eigenvalue weighted by molar-refractivity contribution is -0.162. The number of hydrogen-bond donors (Lipinski definition) is 0. The van der Waals surface area contributed by atoms with Crippen molar-refractivity contribution in [3.8, 4) is 0 Å². The Morgan fingerprint density at radius 3 is 1.26 bits per heavy atom. The molecule has 0 saturated carbocycles. The fraction of sp³-hybridized carbons (Fsp3) is 0.667. The Morgan fingerprint density at radius 2 is 1.05 bits per heavy atom. The van der Waals surface area contributed by atoms with Gasteiger partial charge in [-0.2, -0.15) is 26.3 Å². The van der Waals surface area contributed by atoms with Crippen molar-refractivity contribution in [2.75, 3.05) is 0 Å². The average Bonchev–Trinajstić information content (AvgIpc) is 2.56. The lowest BCUT2D eigenvalue weighted by atomic mass is 10.0. The van der Waals surface area contributed by atoms with E-state index in [2.05, 4.69) is 0 Å². The van der Waals surface area contributed by atoms with Crippen LogP contribution in [0.3, 0.4) is 0 Å². The second-order valence-corrected chi connectivity index (χ2v) is 4.19. The summed E-state index contributed by atoms with van der Waals surface area (Å²) in [6, 6.07) is 0. The number of hydrogen-bond acceptors (Lipinski definition) is 1. The van der Waals surface area contributed by atoms with Crippen LogP contribution in [0.5, 0.6) is 0 Å². The number of furan rings is 1. The van der Waals surface area contributed by atoms with E-state index in [0.29, 0.717) is 0 Å². The van der Waals surface area contributed by atoms with Crippen molar-refractivity contribution in [1.82, 2.24) is 0 Å². The minimum absolute atomic E-state index is 0.165. The van der Waals surface area contributed by atoms with Gasteiger partial charge in [0.25, 0.3) is 0 Å². The first kappa shape index (κ1) is 15.9. The van der Waals surface area contributed by atoms with Crippen LogP contribution in [-0.4, -0.2) is 0 Å². The van der Waals surface area contributed by atoms with E-state index in [1.54, 1.807) is 13.8 Å². The van der Waals surface area contributed by atoms with E-state index in [4.69, 9.17) is 4.42 Å². The van der Waals surface area contributed by atoms with Crippen molar-refractivity contribution >= 4 is 0 Å². The van der Waals surface area contributed by atoms with Crippen molar-refractivity contribution in [2.24, 2.45) is 0 Å². The molecule has 0 aliphatic heterocycles. The fourth-order valence-electron chi connectivity index (χ4n) is 1.94. The zero-order valence-corrected chi connectivity index (χ0v) is 10.5. The van der Waals surface area contributed by atoms with E-state index in [9.17, 15) is 26.3 Å². The van der Waals surface area contributed by atoms with Crippen molar-refractivity contribution in [2.45, 2.75) is 51.9 Å². The summed E-state index contributed by atoms with van der Waals surface area (Å²) in [6.07, 6.45) is -9.90. The van der Waals surface area contributed by atoms with Gasteiger partial charge >= 0.3 is 12.4 Å². The maximum atomic E-state index is 12.9. The molecule has 110 valence electrons. The molecule has 0 bridgehead atoms. The molecule has 0 N–H and O–H groups in total. The van der Waals surface area contributed by atoms with Crippen molar-refractivity contribution in [3.63, 3.8) is 0 Å². The molecule has 0 fully saturated rings. The summed E-state index contributed by atoms with van der Waals surface area (Å²) in [6.45, 7) is 3.16. The van der Waals surface area contributed by atoms with Gasteiger partial charge in [-0.15, -0.1) is 0 Å². The fourth-order valence-corrected chi connectivity index (χ4v) is 1.94. The summed E-state index contributed by atoms with van der Waals surface area (Å²) in [7, 11) is 0. The molecule has 7 heteroatoms. The summed E-state index contributed by atoms with van der Waals surface area (Å²) in [4.78, 5) is 0. The first-order valence-electron chi connectivity index (χ1n) is 5.91. The Labute approximate surface area is 106 Å². The number of aryl methyl sites for hydroxylation is 2. The Morgan fingerprint density at radius 1 is 0.737 bits per heavy atom. The Hall–Kier alpha value is -1.14. The highest BCUT2D eigenvalue weighted by Gasteiger charge is 2.49. The van der Waals surface area contributed by atoms with Crippen LogP contribution in [0.1, 0.15) is 49.3 Å². The molecular formula is C12H14F6O. The van der Waals surface area contributed by atoms with Crippen LogP contribution in [0.2, 0.25) is 0 Å². The lowest BCUT2D eigenvalue weighted by Gasteiger charge is -2.12. The number of alkyl halides is 6. The van der Waals surface area contributed by atoms with Gasteiger partial charge in [0.05, 0.1) is 0 Å². The summed E-state index contributed by atoms with van der Waals surface area (Å²) in [5.74, 6) is -1.24. The molecule has 0 atom stereocenters. The van der Waals surface area contributed by atoms with E-state index in [1.807, 2.05) is 0 Å². The van der Waals surface area contributed by atoms with Gasteiger partial charge in [0, 0.05) is 12.8 Å². The van der Waals surface area contributed by atoms with E-state index in [0.717, 1.165) is 0 Å². The second-order valence-electron chi connectivity index (χ2n) is 4.19. The molecule has 1 heterocycles. The minimum Gasteiger partial charge on any atom is -0.465 e. The molecule has 0 aliphatic rings. The zero-order chi connectivity index (χ0) is 14.8. The van der Waals surface area contributed by atoms with Crippen LogP contribution in [0.25, 0.3) is 0 Å². The number of rotatable bonds is 4. The SMILES string of the molecule is CCCc1oc(CCC)c(C(F)(F)F)c1C(F)(F)F. The largest absolute Gasteiger partial charge is 0.465 e. The lowest BCUT2D eigenvalue weighted by Crippen LogP contribution is -2.17. The van der Waals surface area contributed by atoms with Crippen molar-refractivity contribution in [1.29, 1.82) is 0 Å². The van der Waals surface area contributed by atoms with Crippen LogP contribution >= 0.6 is 0 Å². The maximum Gasteiger partial charge on any atom is 0.420 e. The summed E-state index contributed by atoms with van der Waals surface area (Å²) >= 11 is 0. The van der Waals surface area contributed by atoms with Crippen molar-refractivity contribution < 1.29 is 30.8 Å². The quantitative estimate of drug-likeness (QED) is 0.692. The van der Waals surface area contributed by atoms with Gasteiger partial charge in [0.15, 0.2) is 0 Å². The highest BCUT2D eigenvalue weighted by Crippen LogP contribution is 2.46. The van der Waals surface area contributed by atoms with Gasteiger partial charge < -0.3 is 4.42 Å². The summed E-state index contributed by atoms with van der Waals surface area (Å²) < 4.78 is 82.0. The van der Waals surface area contributed by atoms with E-state index in [1.165, 1.54) is 0 Å². The van der Waals surface area contributed by atoms with Crippen LogP contribution < -0.4 is 0 Å². The third-order valence-electron chi connectivity index (χ3n) is 2.58. The Balaban J connectivity index is 3.52. The molecule has 0 unspecified atom stereocenters. The highest BCUT2D eigenvalue weighted by atomic mass is 19.4. The van der Waals surface area contributed by atoms with Gasteiger partial charge in [-0.3, -0.25) is 0 Å². The predicted octanol–water partition coefficient (Wildman–Crippen LogP) is 5.22. The normalized spacial score (nSPS) is 13.1. The second kappa shape index (κ2) is 5.46. The third kappa shape index (κ3) is 3.45. The molecule has 0 radical (unpaired) electrons. The topological polar surface area (TPSA) is 13.1 Å². The van der Waals surface area contributed by atoms with Gasteiger partial charge in [-0.05, 0) is 12.8 Å². The van der Waals surface area contributed by atoms with Gasteiger partial charge in [-0.1, -0.05) is 13.8 Å². The molecule has 1 aromatic rings. The summed E-state index contributed by atoms with van der Waals surface area (Å²) in [5, 5.41) is 0. The van der Waals surface area contributed by atoms with E-state index < -0.39 is 35.0 Å². The molecule has 1 rings (SSSR count). The smallest absolute Gasteiger partial charge is 0.420 e. The van der Waals surface area contributed by atoms with Gasteiger partial charge in [-0.25, -0.2) is 0 Å². The van der Waals surface area contributed by atoms with Crippen molar-refractivity contribution in [3.05, 3.63) is 22.6 Å². The van der Waals surface area contributed by atoms with Gasteiger partial charge in [0.1, 0.15) is 22.6 Å². The van der Waals surface area contributed by atoms with E-state index >= 15 is 0 Å². The van der Waals surface area contributed by atoms with E-state index in [-0.39, 0.29) is 25.7 Å². The molecule has 0 saturated heterocycles.